The summed E-state index contributed by atoms with van der Waals surface area (Å²) in [6.07, 6.45) is 2.02. The summed E-state index contributed by atoms with van der Waals surface area (Å²) in [6, 6.07) is 11.6. The van der Waals surface area contributed by atoms with Gasteiger partial charge in [-0.25, -0.2) is 4.79 Å². The van der Waals surface area contributed by atoms with Gasteiger partial charge in [-0.1, -0.05) is 31.0 Å². The average Bonchev–Trinajstić information content (AvgIpc) is 2.63. The van der Waals surface area contributed by atoms with Gasteiger partial charge in [0.2, 0.25) is 0 Å². The van der Waals surface area contributed by atoms with Crippen LogP contribution in [-0.4, -0.2) is 30.1 Å². The molecule has 0 aliphatic rings. The lowest BCUT2D eigenvalue weighted by Gasteiger charge is -2.25. The molecule has 0 spiro atoms. The number of carbonyl (C=O) groups excluding carboxylic acids is 1. The Morgan fingerprint density at radius 3 is 2.54 bits per heavy atom. The van der Waals surface area contributed by atoms with Gasteiger partial charge < -0.3 is 15.3 Å². The topological polar surface area (TPSA) is 69.6 Å². The zero-order chi connectivity index (χ0) is 19.1. The number of carboxylic acid groups (broad SMARTS) is 1. The molecule has 2 N–H and O–H groups in total. The molecule has 6 heteroatoms. The minimum absolute atomic E-state index is 0.173. The highest BCUT2D eigenvalue weighted by atomic mass is 35.5. The van der Waals surface area contributed by atoms with E-state index in [0.29, 0.717) is 28.5 Å². The monoisotopic (exact) mass is 374 g/mol. The van der Waals surface area contributed by atoms with Crippen molar-refractivity contribution in [2.75, 3.05) is 23.3 Å². The molecule has 0 aromatic heterocycles. The van der Waals surface area contributed by atoms with Gasteiger partial charge in [-0.2, -0.15) is 0 Å². The Bertz CT molecular complexity index is 792. The third-order valence-corrected chi connectivity index (χ3v) is 4.31. The maximum atomic E-state index is 12.3. The Morgan fingerprint density at radius 1 is 1.15 bits per heavy atom. The van der Waals surface area contributed by atoms with E-state index in [0.717, 1.165) is 19.4 Å². The summed E-state index contributed by atoms with van der Waals surface area (Å²) >= 11 is 5.91. The molecule has 0 heterocycles. The maximum absolute atomic E-state index is 12.3. The van der Waals surface area contributed by atoms with E-state index >= 15 is 0 Å². The quantitative estimate of drug-likeness (QED) is 0.688. The van der Waals surface area contributed by atoms with Crippen molar-refractivity contribution in [1.82, 2.24) is 0 Å². The van der Waals surface area contributed by atoms with Crippen LogP contribution in [0.2, 0.25) is 5.02 Å². The summed E-state index contributed by atoms with van der Waals surface area (Å²) in [5.41, 5.74) is 1.68. The van der Waals surface area contributed by atoms with Gasteiger partial charge >= 0.3 is 5.97 Å². The molecule has 138 valence electrons. The molecule has 0 saturated heterocycles. The van der Waals surface area contributed by atoms with Crippen molar-refractivity contribution in [2.24, 2.45) is 0 Å². The van der Waals surface area contributed by atoms with Crippen molar-refractivity contribution in [2.45, 2.75) is 26.7 Å². The van der Waals surface area contributed by atoms with Gasteiger partial charge in [0.05, 0.1) is 11.3 Å². The van der Waals surface area contributed by atoms with Crippen LogP contribution in [0.5, 0.6) is 0 Å². The van der Waals surface area contributed by atoms with Gasteiger partial charge in [-0.05, 0) is 49.7 Å². The van der Waals surface area contributed by atoms with Crippen molar-refractivity contribution in [3.63, 3.8) is 0 Å². The zero-order valence-corrected chi connectivity index (χ0v) is 15.7. The minimum Gasteiger partial charge on any atom is -0.478 e. The van der Waals surface area contributed by atoms with Crippen molar-refractivity contribution in [3.8, 4) is 0 Å². The second-order valence-corrected chi connectivity index (χ2v) is 6.37. The van der Waals surface area contributed by atoms with Crippen molar-refractivity contribution >= 4 is 34.9 Å². The Morgan fingerprint density at radius 2 is 1.92 bits per heavy atom. The molecular formula is C20H23ClN2O3. The van der Waals surface area contributed by atoms with Crippen LogP contribution in [0.4, 0.5) is 11.4 Å². The highest BCUT2D eigenvalue weighted by Gasteiger charge is 2.17. The lowest BCUT2D eigenvalue weighted by Crippen LogP contribution is -2.26. The largest absolute Gasteiger partial charge is 0.478 e. The number of halogens is 1. The number of anilines is 2. The molecule has 2 aromatic carbocycles. The number of nitrogens with zero attached hydrogens (tertiary/aromatic N) is 1. The van der Waals surface area contributed by atoms with Crippen molar-refractivity contribution in [3.05, 3.63) is 58.6 Å². The third-order valence-electron chi connectivity index (χ3n) is 4.08. The van der Waals surface area contributed by atoms with E-state index in [2.05, 4.69) is 12.2 Å². The first-order chi connectivity index (χ1) is 12.5. The van der Waals surface area contributed by atoms with Gasteiger partial charge in [0.15, 0.2) is 0 Å². The van der Waals surface area contributed by atoms with Gasteiger partial charge in [-0.15, -0.1) is 0 Å². The number of benzene rings is 2. The number of unbranched alkanes of at least 4 members (excludes halogenated alkanes) is 1. The number of hydrogen-bond donors (Lipinski definition) is 2. The number of rotatable bonds is 8. The maximum Gasteiger partial charge on any atom is 0.337 e. The molecule has 5 nitrogen and oxygen atoms in total. The smallest absolute Gasteiger partial charge is 0.337 e. The Balaban J connectivity index is 2.27. The molecule has 26 heavy (non-hydrogen) atoms. The predicted molar refractivity (Wildman–Crippen MR) is 106 cm³/mol. The Kier molecular flexibility index (Phi) is 7.04. The van der Waals surface area contributed by atoms with Crippen LogP contribution in [0, 0.1) is 0 Å². The normalized spacial score (nSPS) is 10.4. The second-order valence-electron chi connectivity index (χ2n) is 5.93. The number of aromatic carboxylic acids is 1. The van der Waals surface area contributed by atoms with Crippen molar-refractivity contribution in [1.29, 1.82) is 0 Å². The standard InChI is InChI=1S/C20H23ClN2O3/c1-3-5-11-23(4-2)18-10-9-16(13-17(18)20(25)26)22-19(24)14-7-6-8-15(21)12-14/h6-10,12-13H,3-5,11H2,1-2H3,(H,22,24)(H,25,26). The zero-order valence-electron chi connectivity index (χ0n) is 15.0. The van der Waals surface area contributed by atoms with Crippen LogP contribution in [0.1, 0.15) is 47.4 Å². The summed E-state index contributed by atoms with van der Waals surface area (Å²) < 4.78 is 0. The fraction of sp³-hybridized carbons (Fsp3) is 0.300. The summed E-state index contributed by atoms with van der Waals surface area (Å²) in [5.74, 6) is -1.36. The van der Waals surface area contributed by atoms with E-state index in [4.69, 9.17) is 11.6 Å². The number of carbonyl (C=O) groups is 2. The molecule has 2 rings (SSSR count). The first-order valence-electron chi connectivity index (χ1n) is 8.65. The molecule has 1 amide bonds. The summed E-state index contributed by atoms with van der Waals surface area (Å²) in [7, 11) is 0. The Labute approximate surface area is 158 Å². The number of carboxylic acids is 1. The second kappa shape index (κ2) is 9.25. The minimum atomic E-state index is -1.02. The average molecular weight is 375 g/mol. The first-order valence-corrected chi connectivity index (χ1v) is 9.03. The van der Waals surface area contributed by atoms with Crippen LogP contribution >= 0.6 is 11.6 Å². The molecular weight excluding hydrogens is 352 g/mol. The van der Waals surface area contributed by atoms with E-state index < -0.39 is 5.97 Å². The summed E-state index contributed by atoms with van der Waals surface area (Å²) in [5, 5.41) is 12.8. The number of nitrogens with one attached hydrogen (secondary N) is 1. The van der Waals surface area contributed by atoms with Crippen LogP contribution < -0.4 is 10.2 Å². The van der Waals surface area contributed by atoms with Crippen LogP contribution in [0.25, 0.3) is 0 Å². The van der Waals surface area contributed by atoms with Gasteiger partial charge in [0.1, 0.15) is 0 Å². The number of amides is 1. The van der Waals surface area contributed by atoms with Gasteiger partial charge in [0.25, 0.3) is 5.91 Å². The molecule has 0 bridgehead atoms. The molecule has 0 unspecified atom stereocenters. The molecule has 0 fully saturated rings. The first kappa shape index (κ1) is 19.8. The van der Waals surface area contributed by atoms with Crippen LogP contribution in [0.3, 0.4) is 0 Å². The molecule has 0 saturated carbocycles. The lowest BCUT2D eigenvalue weighted by atomic mass is 10.1. The highest BCUT2D eigenvalue weighted by molar-refractivity contribution is 6.31. The Hall–Kier alpha value is -2.53. The van der Waals surface area contributed by atoms with Crippen LogP contribution in [-0.2, 0) is 0 Å². The van der Waals surface area contributed by atoms with Gasteiger partial charge in [-0.3, -0.25) is 4.79 Å². The van der Waals surface area contributed by atoms with E-state index in [1.165, 1.54) is 6.07 Å². The number of hydrogen-bond acceptors (Lipinski definition) is 3. The van der Waals surface area contributed by atoms with Gasteiger partial charge in [0, 0.05) is 29.4 Å². The van der Waals surface area contributed by atoms with Crippen molar-refractivity contribution < 1.29 is 14.7 Å². The fourth-order valence-electron chi connectivity index (χ4n) is 2.69. The summed E-state index contributed by atoms with van der Waals surface area (Å²) in [4.78, 5) is 26.1. The highest BCUT2D eigenvalue weighted by Crippen LogP contribution is 2.25. The molecule has 0 atom stereocenters. The molecule has 2 aromatic rings. The predicted octanol–water partition coefficient (Wildman–Crippen LogP) is 4.92. The summed E-state index contributed by atoms with van der Waals surface area (Å²) in [6.45, 7) is 5.60. The fourth-order valence-corrected chi connectivity index (χ4v) is 2.88. The lowest BCUT2D eigenvalue weighted by molar-refractivity contribution is 0.0697. The van der Waals surface area contributed by atoms with E-state index in [-0.39, 0.29) is 11.5 Å². The van der Waals surface area contributed by atoms with E-state index in [1.54, 1.807) is 36.4 Å². The molecule has 0 aliphatic heterocycles. The molecule has 0 radical (unpaired) electrons. The van der Waals surface area contributed by atoms with E-state index in [9.17, 15) is 14.7 Å². The SMILES string of the molecule is CCCCN(CC)c1ccc(NC(=O)c2cccc(Cl)c2)cc1C(=O)O. The molecule has 0 aliphatic carbocycles. The van der Waals surface area contributed by atoms with Crippen LogP contribution in [0.15, 0.2) is 42.5 Å². The third kappa shape index (κ3) is 4.99. The van der Waals surface area contributed by atoms with E-state index in [1.807, 2.05) is 11.8 Å².